The normalized spacial score (nSPS) is 19.0. The summed E-state index contributed by atoms with van der Waals surface area (Å²) < 4.78 is 38.3. The van der Waals surface area contributed by atoms with Gasteiger partial charge in [0.25, 0.3) is 0 Å². The number of ether oxygens (including phenoxy) is 1. The van der Waals surface area contributed by atoms with Gasteiger partial charge in [-0.15, -0.1) is 0 Å². The summed E-state index contributed by atoms with van der Waals surface area (Å²) in [4.78, 5) is 11.4. The first-order chi connectivity index (χ1) is 9.24. The smallest absolute Gasteiger partial charge is 0.308 e. The number of hydrogen-bond acceptors (Lipinski definition) is 5. The molecule has 1 saturated heterocycles. The fourth-order valence-corrected chi connectivity index (χ4v) is 3.16. The Morgan fingerprint density at radius 1 is 1.20 bits per heavy atom. The fraction of sp³-hybridized carbons (Fsp3) is 0.923. The molecule has 0 atom stereocenters. The van der Waals surface area contributed by atoms with Crippen molar-refractivity contribution in [1.29, 1.82) is 0 Å². The number of carbonyl (C=O) groups excluding carboxylic acids is 1. The van der Waals surface area contributed by atoms with Gasteiger partial charge < -0.3 is 13.8 Å². The van der Waals surface area contributed by atoms with Crippen LogP contribution in [0.2, 0.25) is 0 Å². The first-order valence-electron chi connectivity index (χ1n) is 7.19. The molecule has 0 spiro atoms. The summed E-state index contributed by atoms with van der Waals surface area (Å²) in [5, 5.41) is 0. The van der Waals surface area contributed by atoms with Gasteiger partial charge in [0.05, 0.1) is 31.3 Å². The van der Waals surface area contributed by atoms with Crippen LogP contribution in [0, 0.1) is 5.92 Å². The minimum absolute atomic E-state index is 0.160. The van der Waals surface area contributed by atoms with E-state index in [0.717, 1.165) is 32.4 Å². The van der Waals surface area contributed by atoms with E-state index >= 15 is 0 Å². The zero-order chi connectivity index (χ0) is 15.2. The molecule has 7 heteroatoms. The zero-order valence-corrected chi connectivity index (χ0v) is 13.2. The molecule has 1 heterocycles. The third-order valence-electron chi connectivity index (χ3n) is 3.86. The second kappa shape index (κ2) is 7.38. The largest absolute Gasteiger partial charge is 0.748 e. The summed E-state index contributed by atoms with van der Waals surface area (Å²) in [6, 6.07) is 0. The Morgan fingerprint density at radius 3 is 2.30 bits per heavy atom. The Morgan fingerprint density at radius 2 is 1.80 bits per heavy atom. The van der Waals surface area contributed by atoms with Crippen molar-refractivity contribution in [3.63, 3.8) is 0 Å². The van der Waals surface area contributed by atoms with Crippen molar-refractivity contribution in [3.8, 4) is 0 Å². The van der Waals surface area contributed by atoms with Crippen molar-refractivity contribution in [2.45, 2.75) is 33.1 Å². The molecule has 0 aromatic rings. The standard InChI is InChI=1S/C13H25NO5S/c1-12(2)13(15)19-10-8-14(6-4-3-5-7-14)9-11-20(16,17)18/h12H,3-11H2,1-2H3. The Bertz CT molecular complexity index is 412. The van der Waals surface area contributed by atoms with Crippen LogP contribution in [0.3, 0.4) is 0 Å². The van der Waals surface area contributed by atoms with Crippen molar-refractivity contribution >= 4 is 16.1 Å². The summed E-state index contributed by atoms with van der Waals surface area (Å²) in [6.07, 6.45) is 3.18. The molecule has 0 aliphatic carbocycles. The molecule has 0 bridgehead atoms. The zero-order valence-electron chi connectivity index (χ0n) is 12.3. The number of quaternary nitrogens is 1. The number of hydrogen-bond donors (Lipinski definition) is 0. The maximum Gasteiger partial charge on any atom is 0.308 e. The first kappa shape index (κ1) is 17.4. The number of rotatable bonds is 7. The van der Waals surface area contributed by atoms with Gasteiger partial charge in [0.1, 0.15) is 23.3 Å². The third-order valence-corrected chi connectivity index (χ3v) is 4.54. The van der Waals surface area contributed by atoms with Gasteiger partial charge in [-0.05, 0) is 19.3 Å². The van der Waals surface area contributed by atoms with E-state index in [0.29, 0.717) is 17.6 Å². The lowest BCUT2D eigenvalue weighted by Crippen LogP contribution is -2.55. The van der Waals surface area contributed by atoms with Gasteiger partial charge in [-0.25, -0.2) is 8.42 Å². The Hall–Kier alpha value is -0.660. The van der Waals surface area contributed by atoms with Crippen molar-refractivity contribution in [2.24, 2.45) is 5.92 Å². The molecule has 1 aliphatic heterocycles. The van der Waals surface area contributed by atoms with Crippen molar-refractivity contribution in [3.05, 3.63) is 0 Å². The molecule has 0 N–H and O–H groups in total. The van der Waals surface area contributed by atoms with Gasteiger partial charge in [0, 0.05) is 0 Å². The first-order valence-corrected chi connectivity index (χ1v) is 8.77. The summed E-state index contributed by atoms with van der Waals surface area (Å²) in [5.74, 6) is -0.742. The second-order valence-corrected chi connectivity index (χ2v) is 7.40. The molecule has 0 aromatic heterocycles. The second-order valence-electron chi connectivity index (χ2n) is 5.88. The number of nitrogens with zero attached hydrogens (tertiary/aromatic N) is 1. The molecular formula is C13H25NO5S. The van der Waals surface area contributed by atoms with Crippen LogP contribution >= 0.6 is 0 Å². The van der Waals surface area contributed by atoms with Crippen molar-refractivity contribution in [2.75, 3.05) is 38.5 Å². The van der Waals surface area contributed by atoms with E-state index in [1.165, 1.54) is 0 Å². The van der Waals surface area contributed by atoms with Crippen LogP contribution in [0.5, 0.6) is 0 Å². The van der Waals surface area contributed by atoms with Crippen LogP contribution in [0.15, 0.2) is 0 Å². The number of carbonyl (C=O) groups is 1. The van der Waals surface area contributed by atoms with E-state index in [1.807, 2.05) is 0 Å². The van der Waals surface area contributed by atoms with Crippen LogP contribution in [-0.2, 0) is 19.6 Å². The number of likely N-dealkylation sites (tertiary alicyclic amines) is 1. The van der Waals surface area contributed by atoms with E-state index in [-0.39, 0.29) is 24.2 Å². The molecule has 20 heavy (non-hydrogen) atoms. The molecular weight excluding hydrogens is 282 g/mol. The van der Waals surface area contributed by atoms with Crippen LogP contribution in [0.4, 0.5) is 0 Å². The molecule has 1 aliphatic rings. The summed E-state index contributed by atoms with van der Waals surface area (Å²) in [6.45, 7) is 6.47. The van der Waals surface area contributed by atoms with Crippen molar-refractivity contribution in [1.82, 2.24) is 0 Å². The van der Waals surface area contributed by atoms with Crippen LogP contribution < -0.4 is 0 Å². The summed E-state index contributed by atoms with van der Waals surface area (Å²) >= 11 is 0. The summed E-state index contributed by atoms with van der Waals surface area (Å²) in [5.41, 5.74) is 0. The molecule has 6 nitrogen and oxygen atoms in total. The van der Waals surface area contributed by atoms with E-state index in [4.69, 9.17) is 4.74 Å². The highest BCUT2D eigenvalue weighted by atomic mass is 32.2. The predicted molar refractivity (Wildman–Crippen MR) is 73.9 cm³/mol. The van der Waals surface area contributed by atoms with E-state index in [1.54, 1.807) is 13.8 Å². The Balaban J connectivity index is 2.53. The number of esters is 1. The van der Waals surface area contributed by atoms with Crippen LogP contribution in [0.1, 0.15) is 33.1 Å². The Kier molecular flexibility index (Phi) is 6.42. The lowest BCUT2D eigenvalue weighted by Gasteiger charge is -2.41. The van der Waals surface area contributed by atoms with E-state index in [2.05, 4.69) is 0 Å². The van der Waals surface area contributed by atoms with Gasteiger partial charge in [-0.3, -0.25) is 4.79 Å². The fourth-order valence-electron chi connectivity index (χ4n) is 2.55. The molecule has 0 amide bonds. The molecule has 118 valence electrons. The topological polar surface area (TPSA) is 83.5 Å². The van der Waals surface area contributed by atoms with Gasteiger partial charge in [-0.2, -0.15) is 0 Å². The highest BCUT2D eigenvalue weighted by molar-refractivity contribution is 7.85. The lowest BCUT2D eigenvalue weighted by molar-refractivity contribution is -0.930. The van der Waals surface area contributed by atoms with E-state index in [9.17, 15) is 17.8 Å². The predicted octanol–water partition coefficient (Wildman–Crippen LogP) is 0.731. The third kappa shape index (κ3) is 6.19. The average Bonchev–Trinajstić information content (AvgIpc) is 2.37. The SMILES string of the molecule is CC(C)C(=O)OCC[N+]1(CCS(=O)(=O)[O-])CCCCC1. The van der Waals surface area contributed by atoms with Gasteiger partial charge in [0.15, 0.2) is 0 Å². The summed E-state index contributed by atoms with van der Waals surface area (Å²) in [7, 11) is -4.19. The molecule has 1 fully saturated rings. The van der Waals surface area contributed by atoms with E-state index < -0.39 is 10.1 Å². The van der Waals surface area contributed by atoms with Gasteiger partial charge in [-0.1, -0.05) is 13.8 Å². The lowest BCUT2D eigenvalue weighted by atomic mass is 10.1. The molecule has 0 aromatic carbocycles. The maximum atomic E-state index is 11.4. The Labute approximate surface area is 121 Å². The van der Waals surface area contributed by atoms with Gasteiger partial charge in [0.2, 0.25) is 0 Å². The van der Waals surface area contributed by atoms with Crippen LogP contribution in [-0.4, -0.2) is 62.0 Å². The molecule has 0 unspecified atom stereocenters. The number of piperidine rings is 1. The molecule has 0 radical (unpaired) electrons. The van der Waals surface area contributed by atoms with Crippen molar-refractivity contribution < 1.29 is 27.0 Å². The highest BCUT2D eigenvalue weighted by Crippen LogP contribution is 2.19. The maximum absolute atomic E-state index is 11.4. The van der Waals surface area contributed by atoms with Crippen LogP contribution in [0.25, 0.3) is 0 Å². The average molecular weight is 307 g/mol. The quantitative estimate of drug-likeness (QED) is 0.393. The highest BCUT2D eigenvalue weighted by Gasteiger charge is 2.30. The molecule has 1 rings (SSSR count). The minimum Gasteiger partial charge on any atom is -0.748 e. The monoisotopic (exact) mass is 307 g/mol. The molecule has 0 saturated carbocycles. The van der Waals surface area contributed by atoms with Gasteiger partial charge >= 0.3 is 5.97 Å². The minimum atomic E-state index is -4.19.